The number of methoxy groups -OCH3 is 1. The third kappa shape index (κ3) is 5.82. The Hall–Kier alpha value is -3.39. The number of hydrogen-bond donors (Lipinski definition) is 1. The second-order valence-electron chi connectivity index (χ2n) is 7.14. The van der Waals surface area contributed by atoms with Gasteiger partial charge in [0.25, 0.3) is 5.91 Å². The number of amides is 2. The molecule has 2 aromatic rings. The number of nitrogens with one attached hydrogen (secondary N) is 1. The van der Waals surface area contributed by atoms with E-state index in [0.29, 0.717) is 30.5 Å². The molecule has 8 nitrogen and oxygen atoms in total. The lowest BCUT2D eigenvalue weighted by atomic mass is 10.1. The van der Waals surface area contributed by atoms with Gasteiger partial charge in [-0.15, -0.1) is 0 Å². The van der Waals surface area contributed by atoms with Gasteiger partial charge in [0, 0.05) is 37.0 Å². The van der Waals surface area contributed by atoms with Crippen molar-refractivity contribution in [1.82, 2.24) is 9.88 Å². The first-order valence-corrected chi connectivity index (χ1v) is 10.1. The van der Waals surface area contributed by atoms with Gasteiger partial charge in [-0.1, -0.05) is 19.1 Å². The summed E-state index contributed by atoms with van der Waals surface area (Å²) in [5.74, 6) is 1.40. The smallest absolute Gasteiger partial charge is 0.251 e. The molecule has 0 atom stereocenters. The first kappa shape index (κ1) is 22.3. The lowest BCUT2D eigenvalue weighted by Crippen LogP contribution is -2.24. The molecule has 0 fully saturated rings. The maximum absolute atomic E-state index is 12.7. The number of anilines is 1. The zero-order valence-electron chi connectivity index (χ0n) is 18.0. The van der Waals surface area contributed by atoms with Gasteiger partial charge in [0.05, 0.1) is 20.3 Å². The molecule has 3 rings (SSSR count). The zero-order valence-corrected chi connectivity index (χ0v) is 18.0. The highest BCUT2D eigenvalue weighted by Crippen LogP contribution is 2.32. The van der Waals surface area contributed by atoms with Crippen molar-refractivity contribution < 1.29 is 23.8 Å². The Morgan fingerprint density at radius 2 is 2.19 bits per heavy atom. The van der Waals surface area contributed by atoms with Crippen LogP contribution in [0.5, 0.6) is 11.5 Å². The van der Waals surface area contributed by atoms with Gasteiger partial charge < -0.3 is 24.4 Å². The Bertz CT molecular complexity index is 974. The largest absolute Gasteiger partial charge is 0.493 e. The molecule has 0 unspecified atom stereocenters. The molecular weight excluding hydrogens is 398 g/mol. The summed E-state index contributed by atoms with van der Waals surface area (Å²) in [5.41, 5.74) is 2.38. The molecule has 1 aromatic heterocycles. The van der Waals surface area contributed by atoms with Crippen molar-refractivity contribution in [3.8, 4) is 11.5 Å². The predicted molar refractivity (Wildman–Crippen MR) is 117 cm³/mol. The number of ether oxygens (including phenoxy) is 3. The van der Waals surface area contributed by atoms with Crippen LogP contribution in [0.15, 0.2) is 36.5 Å². The summed E-state index contributed by atoms with van der Waals surface area (Å²) in [6.45, 7) is 3.26. The van der Waals surface area contributed by atoms with Crippen LogP contribution in [-0.4, -0.2) is 49.1 Å². The van der Waals surface area contributed by atoms with Crippen LogP contribution in [-0.2, 0) is 27.5 Å². The van der Waals surface area contributed by atoms with Crippen molar-refractivity contribution in [3.05, 3.63) is 53.2 Å². The maximum atomic E-state index is 12.7. The van der Waals surface area contributed by atoms with Crippen LogP contribution < -0.4 is 14.8 Å². The van der Waals surface area contributed by atoms with Crippen LogP contribution in [0.3, 0.4) is 0 Å². The molecule has 1 aromatic carbocycles. The minimum atomic E-state index is -0.230. The minimum absolute atomic E-state index is 0.000949. The van der Waals surface area contributed by atoms with E-state index in [-0.39, 0.29) is 25.0 Å². The Kier molecular flexibility index (Phi) is 7.61. The summed E-state index contributed by atoms with van der Waals surface area (Å²) in [6, 6.07) is 7.49. The van der Waals surface area contributed by atoms with Crippen LogP contribution in [0.2, 0.25) is 0 Å². The summed E-state index contributed by atoms with van der Waals surface area (Å²) in [4.78, 5) is 30.1. The molecule has 0 radical (unpaired) electrons. The van der Waals surface area contributed by atoms with E-state index >= 15 is 0 Å². The Morgan fingerprint density at radius 3 is 2.97 bits per heavy atom. The topological polar surface area (TPSA) is 90.0 Å². The molecule has 1 aliphatic heterocycles. The summed E-state index contributed by atoms with van der Waals surface area (Å²) in [5, 5.41) is 2.69. The number of para-hydroxylation sites is 1. The molecule has 8 heteroatoms. The molecule has 0 bridgehead atoms. The molecule has 1 N–H and O–H groups in total. The van der Waals surface area contributed by atoms with Gasteiger partial charge in [-0.2, -0.15) is 0 Å². The molecule has 0 saturated heterocycles. The Labute approximate surface area is 181 Å². The molecule has 0 aliphatic carbocycles. The molecule has 31 heavy (non-hydrogen) atoms. The number of fused-ring (bicyclic) bond motifs is 1. The summed E-state index contributed by atoms with van der Waals surface area (Å²) >= 11 is 0. The van der Waals surface area contributed by atoms with Crippen LogP contribution in [0.25, 0.3) is 6.08 Å². The lowest BCUT2D eigenvalue weighted by molar-refractivity contribution is -0.125. The van der Waals surface area contributed by atoms with Crippen molar-refractivity contribution in [1.29, 1.82) is 0 Å². The van der Waals surface area contributed by atoms with E-state index in [1.165, 1.54) is 6.08 Å². The maximum Gasteiger partial charge on any atom is 0.251 e. The Morgan fingerprint density at radius 1 is 1.35 bits per heavy atom. The SMILES string of the molecule is CCCOc1c(CN(C)C(=O)C=Cc2cnc3c(c2)COCC(=O)N3)cccc1OC. The number of nitrogens with zero attached hydrogens (tertiary/aromatic N) is 2. The van der Waals surface area contributed by atoms with Crippen LogP contribution in [0, 0.1) is 0 Å². The number of carbonyl (C=O) groups is 2. The number of benzene rings is 1. The van der Waals surface area contributed by atoms with Crippen molar-refractivity contribution in [2.45, 2.75) is 26.5 Å². The summed E-state index contributed by atoms with van der Waals surface area (Å²) < 4.78 is 16.6. The molecule has 164 valence electrons. The van der Waals surface area contributed by atoms with E-state index in [0.717, 1.165) is 23.1 Å². The van der Waals surface area contributed by atoms with Crippen LogP contribution in [0.1, 0.15) is 30.0 Å². The summed E-state index contributed by atoms with van der Waals surface area (Å²) in [6.07, 6.45) is 5.66. The normalized spacial score (nSPS) is 13.3. The molecular formula is C23H27N3O5. The number of likely N-dealkylation sites (N-methyl/N-ethyl adjacent to an activating group) is 1. The molecule has 0 spiro atoms. The van der Waals surface area contributed by atoms with Crippen molar-refractivity contribution in [3.63, 3.8) is 0 Å². The second-order valence-corrected chi connectivity index (χ2v) is 7.14. The van der Waals surface area contributed by atoms with E-state index in [4.69, 9.17) is 14.2 Å². The standard InChI is InChI=1S/C23H27N3O5/c1-4-10-31-22-17(6-5-7-19(22)29-3)13-26(2)21(28)9-8-16-11-18-14-30-15-20(27)25-23(18)24-12-16/h5-9,11-12H,4,10,13-15H2,1-3H3,(H,24,25,27). The Balaban J connectivity index is 1.69. The molecule has 2 heterocycles. The van der Waals surface area contributed by atoms with E-state index in [2.05, 4.69) is 10.3 Å². The van der Waals surface area contributed by atoms with Gasteiger partial charge in [-0.25, -0.2) is 4.98 Å². The quantitative estimate of drug-likeness (QED) is 0.654. The highest BCUT2D eigenvalue weighted by Gasteiger charge is 2.16. The van der Waals surface area contributed by atoms with E-state index in [1.807, 2.05) is 31.2 Å². The van der Waals surface area contributed by atoms with E-state index < -0.39 is 0 Å². The second kappa shape index (κ2) is 10.6. The van der Waals surface area contributed by atoms with Gasteiger partial charge in [0.2, 0.25) is 5.91 Å². The number of pyridine rings is 1. The van der Waals surface area contributed by atoms with Crippen molar-refractivity contribution in [2.75, 3.05) is 32.7 Å². The number of hydrogen-bond acceptors (Lipinski definition) is 6. The molecule has 2 amide bonds. The van der Waals surface area contributed by atoms with E-state index in [1.54, 1.807) is 31.3 Å². The van der Waals surface area contributed by atoms with Gasteiger partial charge >= 0.3 is 0 Å². The highest BCUT2D eigenvalue weighted by atomic mass is 16.5. The minimum Gasteiger partial charge on any atom is -0.493 e. The van der Waals surface area contributed by atoms with Gasteiger partial charge in [0.1, 0.15) is 12.4 Å². The fraction of sp³-hybridized carbons (Fsp3) is 0.348. The fourth-order valence-electron chi connectivity index (χ4n) is 3.11. The van der Waals surface area contributed by atoms with Gasteiger partial charge in [0.15, 0.2) is 11.5 Å². The number of rotatable bonds is 8. The summed E-state index contributed by atoms with van der Waals surface area (Å²) in [7, 11) is 3.33. The average Bonchev–Trinajstić information content (AvgIpc) is 2.96. The van der Waals surface area contributed by atoms with Crippen LogP contribution in [0.4, 0.5) is 5.82 Å². The lowest BCUT2D eigenvalue weighted by Gasteiger charge is -2.19. The van der Waals surface area contributed by atoms with Crippen molar-refractivity contribution in [2.24, 2.45) is 0 Å². The third-order valence-corrected chi connectivity index (χ3v) is 4.67. The fourth-order valence-corrected chi connectivity index (χ4v) is 3.11. The average molecular weight is 425 g/mol. The van der Waals surface area contributed by atoms with E-state index in [9.17, 15) is 9.59 Å². The molecule has 1 aliphatic rings. The third-order valence-electron chi connectivity index (χ3n) is 4.67. The van der Waals surface area contributed by atoms with Gasteiger partial charge in [-0.05, 0) is 30.2 Å². The first-order valence-electron chi connectivity index (χ1n) is 10.1. The highest BCUT2D eigenvalue weighted by molar-refractivity contribution is 5.93. The van der Waals surface area contributed by atoms with Crippen molar-refractivity contribution >= 4 is 23.7 Å². The first-order chi connectivity index (χ1) is 15.0. The van der Waals surface area contributed by atoms with Gasteiger partial charge in [-0.3, -0.25) is 9.59 Å². The number of carbonyl (C=O) groups excluding carboxylic acids is 2. The number of aromatic nitrogens is 1. The zero-order chi connectivity index (χ0) is 22.2. The monoisotopic (exact) mass is 425 g/mol. The molecule has 0 saturated carbocycles. The predicted octanol–water partition coefficient (Wildman–Crippen LogP) is 3.02. The van der Waals surface area contributed by atoms with Crippen LogP contribution >= 0.6 is 0 Å².